The van der Waals surface area contributed by atoms with E-state index in [1.54, 1.807) is 35.2 Å². The molecule has 1 aromatic carbocycles. The van der Waals surface area contributed by atoms with Crippen LogP contribution in [-0.4, -0.2) is 59.3 Å². The van der Waals surface area contributed by atoms with Crippen molar-refractivity contribution < 1.29 is 14.5 Å². The zero-order chi connectivity index (χ0) is 20.8. The van der Waals surface area contributed by atoms with Crippen molar-refractivity contribution in [2.45, 2.75) is 6.42 Å². The van der Waals surface area contributed by atoms with E-state index in [0.717, 1.165) is 0 Å². The van der Waals surface area contributed by atoms with Gasteiger partial charge in [0.05, 0.1) is 4.92 Å². The van der Waals surface area contributed by atoms with Crippen LogP contribution in [0.4, 0.5) is 11.5 Å². The van der Waals surface area contributed by atoms with Crippen LogP contribution in [0.5, 0.6) is 0 Å². The van der Waals surface area contributed by atoms with E-state index in [-0.39, 0.29) is 30.5 Å². The number of aromatic nitrogens is 1. The largest absolute Gasteiger partial charge is 0.353 e. The molecule has 2 aromatic rings. The zero-order valence-corrected chi connectivity index (χ0v) is 16.3. The summed E-state index contributed by atoms with van der Waals surface area (Å²) in [5.41, 5.74) is 0.439. The first kappa shape index (κ1) is 20.5. The number of carbonyl (C=O) groups excluding carboxylic acids is 2. The van der Waals surface area contributed by atoms with Crippen LogP contribution in [-0.2, 0) is 4.79 Å². The number of nitro groups is 1. The molecule has 0 atom stereocenters. The van der Waals surface area contributed by atoms with E-state index in [0.29, 0.717) is 42.6 Å². The number of halogens is 1. The SMILES string of the molecule is O=C(NCCC(=O)N1CCN(c2ccc([N+](=O)[O-])cn2)CC1)c1ccc(Cl)cc1. The third kappa shape index (κ3) is 5.41. The van der Waals surface area contributed by atoms with Gasteiger partial charge in [-0.2, -0.15) is 0 Å². The molecule has 1 N–H and O–H groups in total. The minimum Gasteiger partial charge on any atom is -0.353 e. The maximum absolute atomic E-state index is 12.4. The first-order chi connectivity index (χ1) is 13.9. The van der Waals surface area contributed by atoms with Gasteiger partial charge in [0.1, 0.15) is 12.0 Å². The van der Waals surface area contributed by atoms with Gasteiger partial charge in [-0.15, -0.1) is 0 Å². The summed E-state index contributed by atoms with van der Waals surface area (Å²) in [5.74, 6) is 0.374. The van der Waals surface area contributed by atoms with Gasteiger partial charge in [0.2, 0.25) is 5.91 Å². The Hall–Kier alpha value is -3.20. The molecule has 2 heterocycles. The van der Waals surface area contributed by atoms with Crippen LogP contribution < -0.4 is 10.2 Å². The van der Waals surface area contributed by atoms with Gasteiger partial charge in [-0.25, -0.2) is 4.98 Å². The summed E-state index contributed by atoms with van der Waals surface area (Å²) in [6, 6.07) is 9.57. The lowest BCUT2D eigenvalue weighted by atomic mass is 10.2. The molecule has 9 nitrogen and oxygen atoms in total. The second-order valence-corrected chi connectivity index (χ2v) is 6.95. The number of hydrogen-bond donors (Lipinski definition) is 1. The maximum Gasteiger partial charge on any atom is 0.287 e. The van der Waals surface area contributed by atoms with Crippen molar-refractivity contribution in [3.05, 3.63) is 63.3 Å². The Morgan fingerprint density at radius 2 is 1.79 bits per heavy atom. The van der Waals surface area contributed by atoms with Gasteiger partial charge < -0.3 is 15.1 Å². The number of piperazine rings is 1. The highest BCUT2D eigenvalue weighted by molar-refractivity contribution is 6.30. The Labute approximate surface area is 172 Å². The molecule has 2 amide bonds. The normalized spacial score (nSPS) is 13.8. The van der Waals surface area contributed by atoms with Crippen LogP contribution in [0.15, 0.2) is 42.6 Å². The van der Waals surface area contributed by atoms with Crippen LogP contribution in [0.25, 0.3) is 0 Å². The lowest BCUT2D eigenvalue weighted by molar-refractivity contribution is -0.385. The molecule has 0 saturated carbocycles. The van der Waals surface area contributed by atoms with Crippen molar-refractivity contribution in [1.29, 1.82) is 0 Å². The van der Waals surface area contributed by atoms with E-state index < -0.39 is 4.92 Å². The summed E-state index contributed by atoms with van der Waals surface area (Å²) < 4.78 is 0. The Morgan fingerprint density at radius 1 is 1.10 bits per heavy atom. The second-order valence-electron chi connectivity index (χ2n) is 6.51. The Kier molecular flexibility index (Phi) is 6.61. The standard InChI is InChI=1S/C19H20ClN5O4/c20-15-3-1-14(2-4-15)19(27)21-8-7-18(26)24-11-9-23(10-12-24)17-6-5-16(13-22-17)25(28)29/h1-6,13H,7-12H2,(H,21,27). The second kappa shape index (κ2) is 9.33. The number of nitrogens with zero attached hydrogens (tertiary/aromatic N) is 4. The molecule has 1 aliphatic heterocycles. The van der Waals surface area contributed by atoms with Gasteiger partial charge >= 0.3 is 0 Å². The fourth-order valence-electron chi connectivity index (χ4n) is 3.00. The van der Waals surface area contributed by atoms with E-state index >= 15 is 0 Å². The van der Waals surface area contributed by atoms with Crippen LogP contribution in [0.3, 0.4) is 0 Å². The van der Waals surface area contributed by atoms with Crippen molar-refractivity contribution in [3.63, 3.8) is 0 Å². The van der Waals surface area contributed by atoms with E-state index in [2.05, 4.69) is 10.3 Å². The van der Waals surface area contributed by atoms with Crippen molar-refractivity contribution in [1.82, 2.24) is 15.2 Å². The maximum atomic E-state index is 12.4. The molecule has 0 radical (unpaired) electrons. The van der Waals surface area contributed by atoms with Crippen LogP contribution in [0, 0.1) is 10.1 Å². The molecule has 1 fully saturated rings. The fraction of sp³-hybridized carbons (Fsp3) is 0.316. The lowest BCUT2D eigenvalue weighted by Crippen LogP contribution is -2.49. The summed E-state index contributed by atoms with van der Waals surface area (Å²) in [4.78, 5) is 42.5. The lowest BCUT2D eigenvalue weighted by Gasteiger charge is -2.35. The number of anilines is 1. The number of carbonyl (C=O) groups is 2. The first-order valence-corrected chi connectivity index (χ1v) is 9.49. The van der Waals surface area contributed by atoms with E-state index in [4.69, 9.17) is 11.6 Å². The number of hydrogen-bond acceptors (Lipinski definition) is 6. The topological polar surface area (TPSA) is 109 Å². The highest BCUT2D eigenvalue weighted by Crippen LogP contribution is 2.17. The highest BCUT2D eigenvalue weighted by Gasteiger charge is 2.22. The molecular weight excluding hydrogens is 398 g/mol. The molecule has 1 saturated heterocycles. The van der Waals surface area contributed by atoms with Crippen molar-refractivity contribution >= 4 is 34.9 Å². The summed E-state index contributed by atoms with van der Waals surface area (Å²) in [6.45, 7) is 2.50. The molecule has 0 bridgehead atoms. The summed E-state index contributed by atoms with van der Waals surface area (Å²) in [7, 11) is 0. The van der Waals surface area contributed by atoms with Crippen LogP contribution in [0.1, 0.15) is 16.8 Å². The third-order valence-corrected chi connectivity index (χ3v) is 4.88. The molecule has 1 aliphatic rings. The van der Waals surface area contributed by atoms with Crippen molar-refractivity contribution in [2.75, 3.05) is 37.6 Å². The third-order valence-electron chi connectivity index (χ3n) is 4.63. The van der Waals surface area contributed by atoms with Crippen molar-refractivity contribution in [3.8, 4) is 0 Å². The molecule has 10 heteroatoms. The van der Waals surface area contributed by atoms with Gasteiger partial charge in [-0.3, -0.25) is 19.7 Å². The van der Waals surface area contributed by atoms with Crippen molar-refractivity contribution in [2.24, 2.45) is 0 Å². The molecule has 29 heavy (non-hydrogen) atoms. The smallest absolute Gasteiger partial charge is 0.287 e. The number of rotatable bonds is 6. The molecule has 0 spiro atoms. The van der Waals surface area contributed by atoms with Gasteiger partial charge in [-0.05, 0) is 30.3 Å². The number of pyridine rings is 1. The zero-order valence-electron chi connectivity index (χ0n) is 15.6. The summed E-state index contributed by atoms with van der Waals surface area (Å²) in [5, 5.41) is 14.0. The number of amides is 2. The van der Waals surface area contributed by atoms with Crippen LogP contribution in [0.2, 0.25) is 5.02 Å². The van der Waals surface area contributed by atoms with E-state index in [9.17, 15) is 19.7 Å². The molecular formula is C19H20ClN5O4. The number of benzene rings is 1. The minimum atomic E-state index is -0.487. The predicted octanol–water partition coefficient (Wildman–Crippen LogP) is 2.11. The molecule has 0 unspecified atom stereocenters. The van der Waals surface area contributed by atoms with E-state index in [1.165, 1.54) is 12.3 Å². The molecule has 0 aliphatic carbocycles. The monoisotopic (exact) mass is 417 g/mol. The van der Waals surface area contributed by atoms with Gasteiger partial charge in [0, 0.05) is 55.8 Å². The molecule has 3 rings (SSSR count). The Bertz CT molecular complexity index is 880. The average Bonchev–Trinajstić information content (AvgIpc) is 2.74. The van der Waals surface area contributed by atoms with Gasteiger partial charge in [0.25, 0.3) is 11.6 Å². The molecule has 152 valence electrons. The average molecular weight is 418 g/mol. The van der Waals surface area contributed by atoms with Crippen LogP contribution >= 0.6 is 11.6 Å². The van der Waals surface area contributed by atoms with Gasteiger partial charge in [-0.1, -0.05) is 11.6 Å². The highest BCUT2D eigenvalue weighted by atomic mass is 35.5. The Balaban J connectivity index is 1.42. The summed E-state index contributed by atoms with van der Waals surface area (Å²) >= 11 is 5.80. The Morgan fingerprint density at radius 3 is 2.38 bits per heavy atom. The predicted molar refractivity (Wildman–Crippen MR) is 108 cm³/mol. The first-order valence-electron chi connectivity index (χ1n) is 9.11. The quantitative estimate of drug-likeness (QED) is 0.569. The molecule has 1 aromatic heterocycles. The summed E-state index contributed by atoms with van der Waals surface area (Å²) in [6.07, 6.45) is 1.45. The van der Waals surface area contributed by atoms with Gasteiger partial charge in [0.15, 0.2) is 0 Å². The fourth-order valence-corrected chi connectivity index (χ4v) is 3.13. The number of nitrogens with one attached hydrogen (secondary N) is 1. The van der Waals surface area contributed by atoms with E-state index in [1.807, 2.05) is 4.90 Å². The minimum absolute atomic E-state index is 0.0299.